The molecule has 0 spiro atoms. The number of nitrogens with two attached hydrogens (primary N) is 1. The van der Waals surface area contributed by atoms with Gasteiger partial charge in [0.25, 0.3) is 0 Å². The lowest BCUT2D eigenvalue weighted by molar-refractivity contribution is 0.241. The third-order valence-electron chi connectivity index (χ3n) is 4.67. The highest BCUT2D eigenvalue weighted by Gasteiger charge is 2.09. The van der Waals surface area contributed by atoms with Crippen LogP contribution in [0.15, 0.2) is 59.8 Å². The standard InChI is InChI=1S/C11H13N3O2.C11H10N2O.C8H3FN2/c1-7(2)16-10-4-3-8(11(13)14-15)5-9(10)6-12;1-8(2)14-11-4-3-9(6-12)5-10(11)7-13;9-8-2-1-6(4-10)3-7(8)5-11/h3-5,7,15H,1-2H3,(H2,13,14);3-5,8H,1-2H3;1-3H. The number of amidine groups is 1. The van der Waals surface area contributed by atoms with Gasteiger partial charge in [0.1, 0.15) is 35.5 Å². The van der Waals surface area contributed by atoms with Gasteiger partial charge in [-0.1, -0.05) is 5.16 Å². The molecule has 10 nitrogen and oxygen atoms in total. The predicted octanol–water partition coefficient (Wildman–Crippen LogP) is 5.23. The number of ether oxygens (including phenoxy) is 2. The Labute approximate surface area is 237 Å². The third-order valence-corrected chi connectivity index (χ3v) is 4.67. The highest BCUT2D eigenvalue weighted by Crippen LogP contribution is 2.21. The number of halogens is 1. The Morgan fingerprint density at radius 3 is 1.59 bits per heavy atom. The lowest BCUT2D eigenvalue weighted by Gasteiger charge is -2.11. The van der Waals surface area contributed by atoms with E-state index in [2.05, 4.69) is 5.16 Å². The second-order valence-electron chi connectivity index (χ2n) is 8.49. The number of nitrogens with zero attached hydrogens (tertiary/aromatic N) is 6. The molecule has 0 saturated heterocycles. The zero-order chi connectivity index (χ0) is 30.9. The molecule has 0 fully saturated rings. The van der Waals surface area contributed by atoms with E-state index in [0.29, 0.717) is 39.3 Å². The summed E-state index contributed by atoms with van der Waals surface area (Å²) in [4.78, 5) is 0. The molecule has 3 aromatic carbocycles. The van der Waals surface area contributed by atoms with Crippen molar-refractivity contribution in [3.05, 3.63) is 93.8 Å². The van der Waals surface area contributed by atoms with Crippen LogP contribution < -0.4 is 15.2 Å². The number of nitriles is 5. The Bertz CT molecular complexity index is 1600. The zero-order valence-electron chi connectivity index (χ0n) is 22.8. The monoisotopic (exact) mass is 551 g/mol. The van der Waals surface area contributed by atoms with E-state index in [-0.39, 0.29) is 23.6 Å². The minimum Gasteiger partial charge on any atom is -0.490 e. The molecule has 0 bridgehead atoms. The summed E-state index contributed by atoms with van der Waals surface area (Å²) in [5.41, 5.74) is 7.33. The summed E-state index contributed by atoms with van der Waals surface area (Å²) in [6.45, 7) is 7.52. The van der Waals surface area contributed by atoms with Crippen LogP contribution in [0.3, 0.4) is 0 Å². The lowest BCUT2D eigenvalue weighted by Crippen LogP contribution is -2.14. The summed E-state index contributed by atoms with van der Waals surface area (Å²) in [6, 6.07) is 22.7. The highest BCUT2D eigenvalue weighted by molar-refractivity contribution is 5.97. The summed E-state index contributed by atoms with van der Waals surface area (Å²) in [5, 5.41) is 54.5. The van der Waals surface area contributed by atoms with Crippen molar-refractivity contribution in [3.8, 4) is 41.8 Å². The van der Waals surface area contributed by atoms with Crippen molar-refractivity contribution in [2.45, 2.75) is 39.9 Å². The SMILES string of the molecule is CC(C)Oc1ccc(C#N)cc1C#N.CC(C)Oc1ccc(C(N)=NO)cc1C#N.N#Cc1ccc(F)c(C#N)c1. The average molecular weight is 552 g/mol. The molecule has 3 N–H and O–H groups in total. The Morgan fingerprint density at radius 2 is 1.15 bits per heavy atom. The zero-order valence-corrected chi connectivity index (χ0v) is 22.8. The van der Waals surface area contributed by atoms with Crippen molar-refractivity contribution in [1.82, 2.24) is 0 Å². The second kappa shape index (κ2) is 16.7. The van der Waals surface area contributed by atoms with E-state index in [4.69, 9.17) is 46.7 Å². The molecule has 0 atom stereocenters. The van der Waals surface area contributed by atoms with Crippen molar-refractivity contribution in [2.75, 3.05) is 0 Å². The van der Waals surface area contributed by atoms with Crippen LogP contribution in [0.25, 0.3) is 0 Å². The van der Waals surface area contributed by atoms with Gasteiger partial charge in [-0.3, -0.25) is 0 Å². The molecule has 0 heterocycles. The van der Waals surface area contributed by atoms with Gasteiger partial charge in [0, 0.05) is 5.56 Å². The Balaban J connectivity index is 0.000000313. The molecule has 41 heavy (non-hydrogen) atoms. The molecule has 3 aromatic rings. The maximum atomic E-state index is 12.6. The second-order valence-corrected chi connectivity index (χ2v) is 8.49. The lowest BCUT2D eigenvalue weighted by atomic mass is 10.1. The van der Waals surface area contributed by atoms with Crippen LogP contribution in [0.1, 0.15) is 61.1 Å². The predicted molar refractivity (Wildman–Crippen MR) is 147 cm³/mol. The Kier molecular flexibility index (Phi) is 13.4. The number of oxime groups is 1. The summed E-state index contributed by atoms with van der Waals surface area (Å²) in [5.74, 6) is 0.396. The minimum absolute atomic E-state index is 0.0122. The minimum atomic E-state index is -0.591. The van der Waals surface area contributed by atoms with E-state index in [0.717, 1.165) is 6.07 Å². The smallest absolute Gasteiger partial charge is 0.170 e. The molecule has 0 saturated carbocycles. The number of rotatable bonds is 5. The van der Waals surface area contributed by atoms with Crippen LogP contribution >= 0.6 is 0 Å². The maximum Gasteiger partial charge on any atom is 0.170 e. The van der Waals surface area contributed by atoms with Crippen molar-refractivity contribution in [3.63, 3.8) is 0 Å². The fraction of sp³-hybridized carbons (Fsp3) is 0.200. The molecule has 0 radical (unpaired) electrons. The van der Waals surface area contributed by atoms with Crippen LogP contribution in [-0.2, 0) is 0 Å². The molecule has 11 heteroatoms. The molecule has 0 aromatic heterocycles. The molecule has 206 valence electrons. The number of benzene rings is 3. The van der Waals surface area contributed by atoms with E-state index in [1.807, 2.05) is 52.0 Å². The summed E-state index contributed by atoms with van der Waals surface area (Å²) < 4.78 is 23.4. The normalized spacial score (nSPS) is 9.76. The fourth-order valence-electron chi connectivity index (χ4n) is 2.92. The van der Waals surface area contributed by atoms with Gasteiger partial charge in [-0.2, -0.15) is 26.3 Å². The summed E-state index contributed by atoms with van der Waals surface area (Å²) in [6.07, 6.45) is 0.0110. The first-order valence-electron chi connectivity index (χ1n) is 11.9. The molecular weight excluding hydrogens is 525 g/mol. The molecule has 3 rings (SSSR count). The van der Waals surface area contributed by atoms with Crippen LogP contribution in [0, 0.1) is 62.5 Å². The van der Waals surface area contributed by atoms with Gasteiger partial charge in [-0.15, -0.1) is 0 Å². The first-order valence-corrected chi connectivity index (χ1v) is 11.9. The largest absolute Gasteiger partial charge is 0.490 e. The van der Waals surface area contributed by atoms with Gasteiger partial charge in [-0.25, -0.2) is 4.39 Å². The average Bonchev–Trinajstić information content (AvgIpc) is 2.97. The number of hydrogen-bond donors (Lipinski definition) is 2. The molecular formula is C30H26FN7O3. The first kappa shape index (κ1) is 32.9. The van der Waals surface area contributed by atoms with Gasteiger partial charge in [-0.05, 0) is 82.3 Å². The van der Waals surface area contributed by atoms with Crippen molar-refractivity contribution in [2.24, 2.45) is 10.9 Å². The van der Waals surface area contributed by atoms with Crippen LogP contribution in [0.2, 0.25) is 0 Å². The van der Waals surface area contributed by atoms with Gasteiger partial charge in [0.2, 0.25) is 0 Å². The maximum absolute atomic E-state index is 12.6. The molecule has 0 aliphatic rings. The fourth-order valence-corrected chi connectivity index (χ4v) is 2.92. The molecule has 0 unspecified atom stereocenters. The van der Waals surface area contributed by atoms with Crippen LogP contribution in [-0.4, -0.2) is 23.3 Å². The van der Waals surface area contributed by atoms with Crippen LogP contribution in [0.5, 0.6) is 11.5 Å². The van der Waals surface area contributed by atoms with Gasteiger partial charge in [0.15, 0.2) is 5.84 Å². The van der Waals surface area contributed by atoms with Crippen molar-refractivity contribution < 1.29 is 19.1 Å². The van der Waals surface area contributed by atoms with E-state index in [1.54, 1.807) is 30.3 Å². The van der Waals surface area contributed by atoms with E-state index >= 15 is 0 Å². The molecule has 0 aliphatic heterocycles. The van der Waals surface area contributed by atoms with Gasteiger partial charge in [0.05, 0.1) is 52.2 Å². The summed E-state index contributed by atoms with van der Waals surface area (Å²) in [7, 11) is 0. The first-order chi connectivity index (χ1) is 19.5. The topological polar surface area (TPSA) is 196 Å². The van der Waals surface area contributed by atoms with Gasteiger partial charge < -0.3 is 20.4 Å². The van der Waals surface area contributed by atoms with E-state index in [9.17, 15) is 4.39 Å². The van der Waals surface area contributed by atoms with Gasteiger partial charge >= 0.3 is 0 Å². The third kappa shape index (κ3) is 10.7. The Morgan fingerprint density at radius 1 is 0.707 bits per heavy atom. The van der Waals surface area contributed by atoms with E-state index in [1.165, 1.54) is 24.3 Å². The molecule has 0 aliphatic carbocycles. The van der Waals surface area contributed by atoms with Crippen molar-refractivity contribution in [1.29, 1.82) is 26.3 Å². The number of hydrogen-bond acceptors (Lipinski definition) is 9. The Hall–Kier alpha value is -6.09. The van der Waals surface area contributed by atoms with E-state index < -0.39 is 5.82 Å². The molecule has 0 amide bonds. The van der Waals surface area contributed by atoms with Crippen LogP contribution in [0.4, 0.5) is 4.39 Å². The van der Waals surface area contributed by atoms with Crippen molar-refractivity contribution >= 4 is 5.84 Å². The quantitative estimate of drug-likeness (QED) is 0.185. The highest BCUT2D eigenvalue weighted by atomic mass is 19.1. The summed E-state index contributed by atoms with van der Waals surface area (Å²) >= 11 is 0.